The molecule has 1 rings (SSSR count). The van der Waals surface area contributed by atoms with Crippen molar-refractivity contribution in [1.82, 2.24) is 0 Å². The molecule has 0 aliphatic heterocycles. The highest BCUT2D eigenvalue weighted by molar-refractivity contribution is 4.82. The third-order valence-electron chi connectivity index (χ3n) is 4.17. The maximum absolute atomic E-state index is 2.43. The minimum Gasteiger partial charge on any atom is -0.0654 e. The van der Waals surface area contributed by atoms with Crippen molar-refractivity contribution in [3.8, 4) is 0 Å². The summed E-state index contributed by atoms with van der Waals surface area (Å²) in [5, 5.41) is 0. The summed E-state index contributed by atoms with van der Waals surface area (Å²) in [5.74, 6) is 4.04. The van der Waals surface area contributed by atoms with Crippen LogP contribution in [-0.2, 0) is 0 Å². The Morgan fingerprint density at radius 2 is 1.62 bits per heavy atom. The van der Waals surface area contributed by atoms with Crippen LogP contribution in [0.2, 0.25) is 0 Å². The second kappa shape index (κ2) is 5.02. The van der Waals surface area contributed by atoms with E-state index < -0.39 is 0 Å². The van der Waals surface area contributed by atoms with Gasteiger partial charge in [-0.15, -0.1) is 0 Å². The predicted molar refractivity (Wildman–Crippen MR) is 59.7 cm³/mol. The van der Waals surface area contributed by atoms with Crippen LogP contribution in [-0.4, -0.2) is 0 Å². The van der Waals surface area contributed by atoms with E-state index in [2.05, 4.69) is 27.7 Å². The Kier molecular flexibility index (Phi) is 4.28. The summed E-state index contributed by atoms with van der Waals surface area (Å²) < 4.78 is 0. The highest BCUT2D eigenvalue weighted by atomic mass is 14.4. The second-order valence-corrected chi connectivity index (χ2v) is 5.14. The Balaban J connectivity index is 2.42. The molecule has 0 N–H and O–H groups in total. The maximum atomic E-state index is 2.43. The molecule has 0 aromatic heterocycles. The summed E-state index contributed by atoms with van der Waals surface area (Å²) in [4.78, 5) is 0. The molecule has 0 nitrogen and oxygen atoms in total. The van der Waals surface area contributed by atoms with E-state index in [0.717, 1.165) is 23.7 Å². The second-order valence-electron chi connectivity index (χ2n) is 5.14. The topological polar surface area (TPSA) is 0 Å². The van der Waals surface area contributed by atoms with Crippen molar-refractivity contribution < 1.29 is 0 Å². The molecule has 1 fully saturated rings. The standard InChI is InChI=1S/C13H26/c1-5-7-12(6-2)13-8-10(3)11(4)9-13/h10-13H,5-9H2,1-4H3. The van der Waals surface area contributed by atoms with Gasteiger partial charge in [0.25, 0.3) is 0 Å². The average molecular weight is 182 g/mol. The van der Waals surface area contributed by atoms with Crippen LogP contribution >= 0.6 is 0 Å². The summed E-state index contributed by atoms with van der Waals surface area (Å²) >= 11 is 0. The number of hydrogen-bond donors (Lipinski definition) is 0. The fourth-order valence-electron chi connectivity index (χ4n) is 3.04. The molecule has 0 amide bonds. The number of hydrogen-bond acceptors (Lipinski definition) is 0. The smallest absolute Gasteiger partial charge is 0.0381 e. The molecule has 0 aromatic carbocycles. The van der Waals surface area contributed by atoms with Crippen molar-refractivity contribution >= 4 is 0 Å². The van der Waals surface area contributed by atoms with Gasteiger partial charge < -0.3 is 0 Å². The lowest BCUT2D eigenvalue weighted by atomic mass is 9.85. The highest BCUT2D eigenvalue weighted by Crippen LogP contribution is 2.42. The largest absolute Gasteiger partial charge is 0.0654 e. The van der Waals surface area contributed by atoms with E-state index in [1.54, 1.807) is 0 Å². The molecular weight excluding hydrogens is 156 g/mol. The monoisotopic (exact) mass is 182 g/mol. The molecule has 0 heteroatoms. The van der Waals surface area contributed by atoms with Crippen LogP contribution in [0.1, 0.15) is 59.8 Å². The first-order valence-corrected chi connectivity index (χ1v) is 6.19. The summed E-state index contributed by atoms with van der Waals surface area (Å²) in [6.45, 7) is 9.56. The van der Waals surface area contributed by atoms with Crippen molar-refractivity contribution in [2.75, 3.05) is 0 Å². The molecule has 3 atom stereocenters. The normalized spacial score (nSPS) is 36.5. The number of rotatable bonds is 4. The fraction of sp³-hybridized carbons (Fsp3) is 1.00. The summed E-state index contributed by atoms with van der Waals surface area (Å²) in [7, 11) is 0. The molecule has 0 aromatic rings. The van der Waals surface area contributed by atoms with E-state index in [9.17, 15) is 0 Å². The third kappa shape index (κ3) is 2.72. The first-order valence-electron chi connectivity index (χ1n) is 6.19. The Labute approximate surface area is 84.1 Å². The van der Waals surface area contributed by atoms with E-state index >= 15 is 0 Å². The van der Waals surface area contributed by atoms with E-state index in [1.807, 2.05) is 0 Å². The van der Waals surface area contributed by atoms with Crippen molar-refractivity contribution in [1.29, 1.82) is 0 Å². The van der Waals surface area contributed by atoms with Gasteiger partial charge in [-0.2, -0.15) is 0 Å². The van der Waals surface area contributed by atoms with Crippen LogP contribution < -0.4 is 0 Å². The molecule has 13 heavy (non-hydrogen) atoms. The van der Waals surface area contributed by atoms with Gasteiger partial charge in [0.2, 0.25) is 0 Å². The lowest BCUT2D eigenvalue weighted by Gasteiger charge is -2.21. The Hall–Kier alpha value is 0. The van der Waals surface area contributed by atoms with Gasteiger partial charge in [0, 0.05) is 0 Å². The van der Waals surface area contributed by atoms with Gasteiger partial charge in [-0.1, -0.05) is 47.0 Å². The lowest BCUT2D eigenvalue weighted by Crippen LogP contribution is -2.10. The van der Waals surface area contributed by atoms with E-state index in [4.69, 9.17) is 0 Å². The van der Waals surface area contributed by atoms with Crippen LogP contribution in [0.15, 0.2) is 0 Å². The molecule has 1 aliphatic carbocycles. The minimum absolute atomic E-state index is 0.982. The van der Waals surface area contributed by atoms with Crippen LogP contribution in [0, 0.1) is 23.7 Å². The van der Waals surface area contributed by atoms with E-state index in [1.165, 1.54) is 32.1 Å². The third-order valence-corrected chi connectivity index (χ3v) is 4.17. The molecule has 0 spiro atoms. The molecule has 0 heterocycles. The van der Waals surface area contributed by atoms with Gasteiger partial charge in [0.05, 0.1) is 0 Å². The molecule has 0 saturated heterocycles. The van der Waals surface area contributed by atoms with Crippen molar-refractivity contribution in [2.24, 2.45) is 23.7 Å². The predicted octanol–water partition coefficient (Wildman–Crippen LogP) is 4.49. The van der Waals surface area contributed by atoms with Crippen LogP contribution in [0.4, 0.5) is 0 Å². The molecular formula is C13H26. The Morgan fingerprint density at radius 3 is 2.00 bits per heavy atom. The maximum Gasteiger partial charge on any atom is -0.0381 e. The average Bonchev–Trinajstić information content (AvgIpc) is 2.43. The molecule has 0 bridgehead atoms. The van der Waals surface area contributed by atoms with E-state index in [-0.39, 0.29) is 0 Å². The Bertz CT molecular complexity index is 129. The Morgan fingerprint density at radius 1 is 1.08 bits per heavy atom. The molecule has 1 aliphatic rings. The fourth-order valence-corrected chi connectivity index (χ4v) is 3.04. The van der Waals surface area contributed by atoms with Gasteiger partial charge in [-0.3, -0.25) is 0 Å². The lowest BCUT2D eigenvalue weighted by molar-refractivity contribution is 0.297. The molecule has 0 radical (unpaired) electrons. The van der Waals surface area contributed by atoms with E-state index in [0.29, 0.717) is 0 Å². The first-order chi connectivity index (χ1) is 6.19. The summed E-state index contributed by atoms with van der Waals surface area (Å²) in [6.07, 6.45) is 7.23. The van der Waals surface area contributed by atoms with Gasteiger partial charge in [0.1, 0.15) is 0 Å². The molecule has 1 saturated carbocycles. The minimum atomic E-state index is 0.982. The quantitative estimate of drug-likeness (QED) is 0.600. The van der Waals surface area contributed by atoms with Crippen molar-refractivity contribution in [3.63, 3.8) is 0 Å². The molecule has 78 valence electrons. The molecule has 3 unspecified atom stereocenters. The van der Waals surface area contributed by atoms with Gasteiger partial charge in [-0.05, 0) is 36.5 Å². The van der Waals surface area contributed by atoms with Crippen LogP contribution in [0.25, 0.3) is 0 Å². The zero-order chi connectivity index (χ0) is 9.84. The zero-order valence-corrected chi connectivity index (χ0v) is 9.84. The summed E-state index contributed by atoms with van der Waals surface area (Å²) in [6, 6.07) is 0. The first kappa shape index (κ1) is 11.1. The van der Waals surface area contributed by atoms with Crippen molar-refractivity contribution in [3.05, 3.63) is 0 Å². The van der Waals surface area contributed by atoms with Gasteiger partial charge in [0.15, 0.2) is 0 Å². The SMILES string of the molecule is CCCC(CC)C1CC(C)C(C)C1. The summed E-state index contributed by atoms with van der Waals surface area (Å²) in [5.41, 5.74) is 0. The van der Waals surface area contributed by atoms with Crippen LogP contribution in [0.3, 0.4) is 0 Å². The van der Waals surface area contributed by atoms with Crippen molar-refractivity contribution in [2.45, 2.75) is 59.8 Å². The van der Waals surface area contributed by atoms with Gasteiger partial charge >= 0.3 is 0 Å². The van der Waals surface area contributed by atoms with Gasteiger partial charge in [-0.25, -0.2) is 0 Å². The van der Waals surface area contributed by atoms with Crippen LogP contribution in [0.5, 0.6) is 0 Å². The zero-order valence-electron chi connectivity index (χ0n) is 9.84. The highest BCUT2D eigenvalue weighted by Gasteiger charge is 2.31.